The van der Waals surface area contributed by atoms with Gasteiger partial charge in [0.1, 0.15) is 5.54 Å². The second-order valence-electron chi connectivity index (χ2n) is 7.68. The fraction of sp³-hybridized carbons (Fsp3) is 0.500. The maximum absolute atomic E-state index is 12.3. The van der Waals surface area contributed by atoms with Gasteiger partial charge in [-0.15, -0.1) is 0 Å². The molecule has 0 spiro atoms. The lowest BCUT2D eigenvalue weighted by atomic mass is 10.00. The Hall–Kier alpha value is -2.94. The Bertz CT molecular complexity index is 791. The molecule has 2 aliphatic rings. The van der Waals surface area contributed by atoms with E-state index in [4.69, 9.17) is 0 Å². The minimum absolute atomic E-state index is 0.0539. The molecular weight excluding hydrogens is 374 g/mol. The maximum Gasteiger partial charge on any atom is 0.344 e. The number of rotatable bonds is 6. The van der Waals surface area contributed by atoms with Crippen LogP contribution in [0.4, 0.5) is 4.79 Å². The summed E-state index contributed by atoms with van der Waals surface area (Å²) in [6, 6.07) is 8.49. The summed E-state index contributed by atoms with van der Waals surface area (Å²) in [5.74, 6) is -0.972. The first-order valence-electron chi connectivity index (χ1n) is 9.87. The van der Waals surface area contributed by atoms with Crippen LogP contribution >= 0.6 is 0 Å². The summed E-state index contributed by atoms with van der Waals surface area (Å²) in [4.78, 5) is 50.8. The molecule has 29 heavy (non-hydrogen) atoms. The molecule has 0 bridgehead atoms. The average molecular weight is 401 g/mol. The van der Waals surface area contributed by atoms with Crippen molar-refractivity contribution in [3.8, 4) is 0 Å². The first-order chi connectivity index (χ1) is 13.8. The number of piperidine rings is 1. The van der Waals surface area contributed by atoms with Crippen LogP contribution in [0.3, 0.4) is 0 Å². The molecule has 5 amide bonds. The van der Waals surface area contributed by atoms with Gasteiger partial charge in [0.25, 0.3) is 17.7 Å². The van der Waals surface area contributed by atoms with E-state index in [9.17, 15) is 19.2 Å². The van der Waals surface area contributed by atoms with Crippen molar-refractivity contribution in [3.05, 3.63) is 35.9 Å². The predicted octanol–water partition coefficient (Wildman–Crippen LogP) is 0.633. The van der Waals surface area contributed by atoms with Crippen molar-refractivity contribution in [1.82, 2.24) is 26.0 Å². The molecule has 3 rings (SSSR count). The number of amides is 5. The molecule has 0 saturated carbocycles. The van der Waals surface area contributed by atoms with Crippen LogP contribution in [-0.2, 0) is 9.59 Å². The van der Waals surface area contributed by atoms with Crippen LogP contribution in [-0.4, -0.2) is 64.9 Å². The lowest BCUT2D eigenvalue weighted by Crippen LogP contribution is -2.52. The zero-order valence-corrected chi connectivity index (χ0v) is 16.7. The Kier molecular flexibility index (Phi) is 6.17. The van der Waals surface area contributed by atoms with E-state index in [2.05, 4.69) is 16.1 Å². The minimum atomic E-state index is -0.986. The second kappa shape index (κ2) is 8.60. The standard InChI is InChI=1S/C20H27N5O4/c1-3-20(2)18(28)25(19(29)22-20)23-16(26)13-24-11-9-15(10-12-24)21-17(27)14-7-5-4-6-8-14/h4-8,15H,3,9-13H2,1-2H3,(H,21,27)(H,22,29)(H,23,26). The molecule has 0 radical (unpaired) electrons. The highest BCUT2D eigenvalue weighted by molar-refractivity contribution is 6.07. The summed E-state index contributed by atoms with van der Waals surface area (Å²) in [5.41, 5.74) is 2.04. The number of benzene rings is 1. The fourth-order valence-corrected chi connectivity index (χ4v) is 3.48. The number of carbonyl (C=O) groups excluding carboxylic acids is 4. The minimum Gasteiger partial charge on any atom is -0.349 e. The highest BCUT2D eigenvalue weighted by Gasteiger charge is 2.47. The fourth-order valence-electron chi connectivity index (χ4n) is 3.48. The molecule has 2 heterocycles. The van der Waals surface area contributed by atoms with Crippen LogP contribution in [0.2, 0.25) is 0 Å². The number of imide groups is 1. The van der Waals surface area contributed by atoms with E-state index in [-0.39, 0.29) is 18.5 Å². The predicted molar refractivity (Wildman–Crippen MR) is 106 cm³/mol. The molecule has 1 atom stereocenters. The van der Waals surface area contributed by atoms with E-state index < -0.39 is 23.4 Å². The van der Waals surface area contributed by atoms with Gasteiger partial charge in [-0.1, -0.05) is 25.1 Å². The van der Waals surface area contributed by atoms with E-state index in [1.165, 1.54) is 0 Å². The number of urea groups is 1. The van der Waals surface area contributed by atoms with Gasteiger partial charge in [0.05, 0.1) is 6.54 Å². The Balaban J connectivity index is 1.44. The molecule has 0 aliphatic carbocycles. The maximum atomic E-state index is 12.3. The largest absolute Gasteiger partial charge is 0.349 e. The summed E-state index contributed by atoms with van der Waals surface area (Å²) in [5, 5.41) is 6.38. The first kappa shape index (κ1) is 20.8. The Morgan fingerprint density at radius 3 is 2.41 bits per heavy atom. The summed E-state index contributed by atoms with van der Waals surface area (Å²) in [6.45, 7) is 4.79. The molecule has 2 fully saturated rings. The van der Waals surface area contributed by atoms with Crippen molar-refractivity contribution in [3.63, 3.8) is 0 Å². The van der Waals surface area contributed by atoms with Gasteiger partial charge in [-0.3, -0.25) is 24.7 Å². The molecule has 3 N–H and O–H groups in total. The topological polar surface area (TPSA) is 111 Å². The van der Waals surface area contributed by atoms with E-state index in [1.807, 2.05) is 23.1 Å². The van der Waals surface area contributed by atoms with Crippen LogP contribution in [0.15, 0.2) is 30.3 Å². The smallest absolute Gasteiger partial charge is 0.344 e. The van der Waals surface area contributed by atoms with E-state index in [1.54, 1.807) is 26.0 Å². The van der Waals surface area contributed by atoms with Gasteiger partial charge in [-0.25, -0.2) is 4.79 Å². The Morgan fingerprint density at radius 2 is 1.83 bits per heavy atom. The van der Waals surface area contributed by atoms with Gasteiger partial charge in [0.2, 0.25) is 0 Å². The van der Waals surface area contributed by atoms with Crippen LogP contribution < -0.4 is 16.1 Å². The Labute approximate surface area is 169 Å². The quantitative estimate of drug-likeness (QED) is 0.606. The third kappa shape index (κ3) is 4.73. The van der Waals surface area contributed by atoms with E-state index >= 15 is 0 Å². The molecule has 2 saturated heterocycles. The van der Waals surface area contributed by atoms with Gasteiger partial charge < -0.3 is 10.6 Å². The van der Waals surface area contributed by atoms with Crippen LogP contribution in [0.25, 0.3) is 0 Å². The molecular formula is C20H27N5O4. The molecule has 9 heteroatoms. The monoisotopic (exact) mass is 401 g/mol. The molecule has 2 aliphatic heterocycles. The Morgan fingerprint density at radius 1 is 1.17 bits per heavy atom. The lowest BCUT2D eigenvalue weighted by molar-refractivity contribution is -0.139. The van der Waals surface area contributed by atoms with Crippen LogP contribution in [0, 0.1) is 0 Å². The van der Waals surface area contributed by atoms with Crippen molar-refractivity contribution < 1.29 is 19.2 Å². The summed E-state index contributed by atoms with van der Waals surface area (Å²) in [6.07, 6.45) is 1.89. The van der Waals surface area contributed by atoms with Crippen molar-refractivity contribution >= 4 is 23.8 Å². The molecule has 1 aromatic carbocycles. The third-order valence-corrected chi connectivity index (χ3v) is 5.53. The lowest BCUT2D eigenvalue weighted by Gasteiger charge is -2.32. The van der Waals surface area contributed by atoms with E-state index in [0.717, 1.165) is 17.9 Å². The highest BCUT2D eigenvalue weighted by Crippen LogP contribution is 2.19. The number of carbonyl (C=O) groups is 4. The molecule has 156 valence electrons. The number of likely N-dealkylation sites (tertiary alicyclic amines) is 1. The van der Waals surface area contributed by atoms with Crippen molar-refractivity contribution in [2.45, 2.75) is 44.7 Å². The van der Waals surface area contributed by atoms with Gasteiger partial charge in [0, 0.05) is 24.7 Å². The number of nitrogens with zero attached hydrogens (tertiary/aromatic N) is 2. The van der Waals surface area contributed by atoms with Crippen molar-refractivity contribution in [2.24, 2.45) is 0 Å². The van der Waals surface area contributed by atoms with Gasteiger partial charge in [-0.2, -0.15) is 5.01 Å². The average Bonchev–Trinajstić information content (AvgIpc) is 2.93. The summed E-state index contributed by atoms with van der Waals surface area (Å²) >= 11 is 0. The van der Waals surface area contributed by atoms with Crippen molar-refractivity contribution in [2.75, 3.05) is 19.6 Å². The second-order valence-corrected chi connectivity index (χ2v) is 7.68. The summed E-state index contributed by atoms with van der Waals surface area (Å²) < 4.78 is 0. The number of hydrogen-bond donors (Lipinski definition) is 3. The highest BCUT2D eigenvalue weighted by atomic mass is 16.2. The zero-order chi connectivity index (χ0) is 21.0. The normalized spacial score (nSPS) is 23.0. The summed E-state index contributed by atoms with van der Waals surface area (Å²) in [7, 11) is 0. The molecule has 1 aromatic rings. The number of hydrazine groups is 1. The van der Waals surface area contributed by atoms with Crippen LogP contribution in [0.1, 0.15) is 43.5 Å². The van der Waals surface area contributed by atoms with Gasteiger partial charge >= 0.3 is 6.03 Å². The number of hydrogen-bond acceptors (Lipinski definition) is 5. The zero-order valence-electron chi connectivity index (χ0n) is 16.7. The van der Waals surface area contributed by atoms with Crippen LogP contribution in [0.5, 0.6) is 0 Å². The molecule has 9 nitrogen and oxygen atoms in total. The molecule has 1 unspecified atom stereocenters. The van der Waals surface area contributed by atoms with E-state index in [0.29, 0.717) is 25.1 Å². The third-order valence-electron chi connectivity index (χ3n) is 5.53. The first-order valence-corrected chi connectivity index (χ1v) is 9.87. The van der Waals surface area contributed by atoms with Gasteiger partial charge in [0.15, 0.2) is 0 Å². The SMILES string of the molecule is CCC1(C)NC(=O)N(NC(=O)CN2CCC(NC(=O)c3ccccc3)CC2)C1=O. The number of nitrogens with one attached hydrogen (secondary N) is 3. The molecule has 0 aromatic heterocycles. The van der Waals surface area contributed by atoms with Gasteiger partial charge in [-0.05, 0) is 38.3 Å². The van der Waals surface area contributed by atoms with Crippen molar-refractivity contribution in [1.29, 1.82) is 0 Å².